The number of halogens is 3. The van der Waals surface area contributed by atoms with Crippen molar-refractivity contribution in [3.05, 3.63) is 29.6 Å². The Morgan fingerprint density at radius 2 is 1.95 bits per heavy atom. The van der Waals surface area contributed by atoms with Crippen molar-refractivity contribution in [2.24, 2.45) is 0 Å². The number of rotatable bonds is 2. The van der Waals surface area contributed by atoms with Gasteiger partial charge in [-0.2, -0.15) is 13.2 Å². The van der Waals surface area contributed by atoms with Crippen LogP contribution in [0.4, 0.5) is 18.9 Å². The first-order valence-electron chi connectivity index (χ1n) is 7.26. The lowest BCUT2D eigenvalue weighted by Crippen LogP contribution is -2.21. The highest BCUT2D eigenvalue weighted by atomic mass is 19.4. The van der Waals surface area contributed by atoms with Crippen molar-refractivity contribution < 1.29 is 13.2 Å². The van der Waals surface area contributed by atoms with Crippen molar-refractivity contribution >= 4 is 5.69 Å². The summed E-state index contributed by atoms with van der Waals surface area (Å²) in [6.45, 7) is 3.42. The maximum atomic E-state index is 13.0. The summed E-state index contributed by atoms with van der Waals surface area (Å²) in [5, 5.41) is 8.31. The summed E-state index contributed by atoms with van der Waals surface area (Å²) < 4.78 is 40.9. The van der Waals surface area contributed by atoms with Crippen LogP contribution in [0.5, 0.6) is 0 Å². The fraction of sp³-hybridized carbons (Fsp3) is 0.467. The molecule has 0 spiro atoms. The summed E-state index contributed by atoms with van der Waals surface area (Å²) in [5.74, 6) is 1.35. The summed E-state index contributed by atoms with van der Waals surface area (Å²) in [6.07, 6.45) is -2.68. The summed E-state index contributed by atoms with van der Waals surface area (Å²) in [5.41, 5.74) is 0.583. The van der Waals surface area contributed by atoms with Gasteiger partial charge in [0.1, 0.15) is 5.82 Å². The smallest absolute Gasteiger partial charge is 0.372 e. The Balaban J connectivity index is 2.18. The van der Waals surface area contributed by atoms with Gasteiger partial charge in [-0.25, -0.2) is 0 Å². The van der Waals surface area contributed by atoms with Gasteiger partial charge in [-0.15, -0.1) is 10.2 Å². The van der Waals surface area contributed by atoms with Crippen LogP contribution in [-0.4, -0.2) is 28.4 Å². The third kappa shape index (κ3) is 2.44. The van der Waals surface area contributed by atoms with Gasteiger partial charge >= 0.3 is 6.18 Å². The van der Waals surface area contributed by atoms with Gasteiger partial charge in [0.2, 0.25) is 0 Å². The van der Waals surface area contributed by atoms with Crippen molar-refractivity contribution in [1.29, 1.82) is 0 Å². The molecule has 0 N–H and O–H groups in total. The van der Waals surface area contributed by atoms with Crippen LogP contribution in [0.1, 0.15) is 24.7 Å². The van der Waals surface area contributed by atoms with Gasteiger partial charge in [-0.3, -0.25) is 0 Å². The molecule has 2 heterocycles. The number of aryl methyl sites for hydroxylation is 1. The molecule has 118 valence electrons. The topological polar surface area (TPSA) is 34.0 Å². The fourth-order valence-electron chi connectivity index (χ4n) is 2.77. The molecule has 1 aromatic heterocycles. The maximum Gasteiger partial charge on any atom is 0.416 e. The van der Waals surface area contributed by atoms with E-state index in [4.69, 9.17) is 0 Å². The molecule has 1 aliphatic rings. The number of benzene rings is 1. The monoisotopic (exact) mass is 310 g/mol. The minimum Gasteiger partial charge on any atom is -0.372 e. The highest BCUT2D eigenvalue weighted by molar-refractivity contribution is 5.76. The molecule has 1 aliphatic heterocycles. The van der Waals surface area contributed by atoms with E-state index in [2.05, 4.69) is 10.2 Å². The van der Waals surface area contributed by atoms with Crippen LogP contribution in [0, 0.1) is 0 Å². The zero-order valence-electron chi connectivity index (χ0n) is 12.5. The number of alkyl halides is 3. The summed E-state index contributed by atoms with van der Waals surface area (Å²) >= 11 is 0. The second-order valence-electron chi connectivity index (χ2n) is 5.49. The normalized spacial score (nSPS) is 14.5. The third-order valence-corrected chi connectivity index (χ3v) is 3.94. The molecular weight excluding hydrogens is 293 g/mol. The van der Waals surface area contributed by atoms with Crippen LogP contribution in [0.25, 0.3) is 11.4 Å². The Morgan fingerprint density at radius 3 is 2.64 bits per heavy atom. The number of nitrogens with zero attached hydrogens (tertiary/aromatic N) is 4. The minimum absolute atomic E-state index is 0.490. The molecule has 0 aliphatic carbocycles. The largest absolute Gasteiger partial charge is 0.416 e. The maximum absolute atomic E-state index is 13.0. The molecule has 0 fully saturated rings. The van der Waals surface area contributed by atoms with E-state index in [1.807, 2.05) is 23.4 Å². The van der Waals surface area contributed by atoms with E-state index in [1.54, 1.807) is 0 Å². The number of aromatic nitrogens is 3. The number of hydrogen-bond donors (Lipinski definition) is 0. The van der Waals surface area contributed by atoms with Crippen molar-refractivity contribution in [3.63, 3.8) is 0 Å². The minimum atomic E-state index is -4.36. The Kier molecular flexibility index (Phi) is 3.58. The molecule has 0 saturated carbocycles. The molecule has 0 saturated heterocycles. The van der Waals surface area contributed by atoms with Gasteiger partial charge in [0.15, 0.2) is 5.82 Å². The first kappa shape index (κ1) is 14.9. The van der Waals surface area contributed by atoms with Crippen LogP contribution in [-0.2, 0) is 19.1 Å². The van der Waals surface area contributed by atoms with E-state index in [9.17, 15) is 13.2 Å². The summed E-state index contributed by atoms with van der Waals surface area (Å²) in [4.78, 5) is 1.96. The number of fused-ring (bicyclic) bond motifs is 3. The van der Waals surface area contributed by atoms with Gasteiger partial charge in [0, 0.05) is 37.8 Å². The van der Waals surface area contributed by atoms with Crippen molar-refractivity contribution in [3.8, 4) is 11.4 Å². The summed E-state index contributed by atoms with van der Waals surface area (Å²) in [6, 6.07) is 3.81. The Bertz CT molecular complexity index is 691. The number of likely N-dealkylation sites (N-methyl/N-ethyl adjacent to an activating group) is 1. The Hall–Kier alpha value is -2.05. The Labute approximate surface area is 126 Å². The van der Waals surface area contributed by atoms with Gasteiger partial charge < -0.3 is 9.47 Å². The molecular formula is C15H17F3N4. The first-order valence-corrected chi connectivity index (χ1v) is 7.26. The lowest BCUT2D eigenvalue weighted by molar-refractivity contribution is -0.137. The van der Waals surface area contributed by atoms with Crippen LogP contribution >= 0.6 is 0 Å². The predicted octanol–water partition coefficient (Wildman–Crippen LogP) is 3.37. The third-order valence-electron chi connectivity index (χ3n) is 3.94. The lowest BCUT2D eigenvalue weighted by atomic mass is 10.1. The van der Waals surface area contributed by atoms with Gasteiger partial charge in [-0.1, -0.05) is 6.92 Å². The van der Waals surface area contributed by atoms with Crippen molar-refractivity contribution in [2.75, 3.05) is 18.5 Å². The molecule has 4 nitrogen and oxygen atoms in total. The average molecular weight is 310 g/mol. The molecule has 0 unspecified atom stereocenters. The molecule has 0 radical (unpaired) electrons. The van der Waals surface area contributed by atoms with E-state index in [0.29, 0.717) is 24.5 Å². The fourth-order valence-corrected chi connectivity index (χ4v) is 2.77. The molecule has 0 atom stereocenters. The highest BCUT2D eigenvalue weighted by Gasteiger charge is 2.32. The quantitative estimate of drug-likeness (QED) is 0.853. The van der Waals surface area contributed by atoms with Gasteiger partial charge in [0.25, 0.3) is 0 Å². The first-order chi connectivity index (χ1) is 10.4. The van der Waals surface area contributed by atoms with E-state index in [1.165, 1.54) is 12.1 Å². The van der Waals surface area contributed by atoms with Crippen molar-refractivity contribution in [1.82, 2.24) is 14.8 Å². The van der Waals surface area contributed by atoms with Crippen LogP contribution < -0.4 is 4.90 Å². The molecule has 22 heavy (non-hydrogen) atoms. The molecule has 3 rings (SSSR count). The summed E-state index contributed by atoms with van der Waals surface area (Å²) in [7, 11) is 1.88. The van der Waals surface area contributed by atoms with Crippen LogP contribution in [0.15, 0.2) is 18.2 Å². The SMILES string of the molecule is CCCc1nnc2n1CCN(C)c1ccc(C(F)(F)F)cc1-2. The second-order valence-corrected chi connectivity index (χ2v) is 5.49. The standard InChI is InChI=1S/C15H17F3N4/c1-3-4-13-19-20-14-11-9-10(15(16,17)18)5-6-12(11)21(2)7-8-22(13)14/h5-6,9H,3-4,7-8H2,1-2H3. The van der Waals surface area contributed by atoms with Crippen LogP contribution in [0.3, 0.4) is 0 Å². The zero-order valence-corrected chi connectivity index (χ0v) is 12.5. The number of anilines is 1. The Morgan fingerprint density at radius 1 is 1.18 bits per heavy atom. The number of hydrogen-bond acceptors (Lipinski definition) is 3. The second kappa shape index (κ2) is 5.30. The van der Waals surface area contributed by atoms with E-state index >= 15 is 0 Å². The predicted molar refractivity (Wildman–Crippen MR) is 77.7 cm³/mol. The molecule has 1 aromatic carbocycles. The van der Waals surface area contributed by atoms with E-state index in [-0.39, 0.29) is 0 Å². The van der Waals surface area contributed by atoms with Gasteiger partial charge in [-0.05, 0) is 24.6 Å². The molecule has 0 bridgehead atoms. The molecule has 2 aromatic rings. The molecule has 7 heteroatoms. The zero-order chi connectivity index (χ0) is 15.9. The van der Waals surface area contributed by atoms with Crippen LogP contribution in [0.2, 0.25) is 0 Å². The van der Waals surface area contributed by atoms with E-state index < -0.39 is 11.7 Å². The van der Waals surface area contributed by atoms with E-state index in [0.717, 1.165) is 30.4 Å². The van der Waals surface area contributed by atoms with Gasteiger partial charge in [0.05, 0.1) is 5.56 Å². The molecule has 0 amide bonds. The average Bonchev–Trinajstić information content (AvgIpc) is 2.80. The lowest BCUT2D eigenvalue weighted by Gasteiger charge is -2.19. The van der Waals surface area contributed by atoms with Crippen molar-refractivity contribution in [2.45, 2.75) is 32.5 Å². The highest BCUT2D eigenvalue weighted by Crippen LogP contribution is 2.38.